The van der Waals surface area contributed by atoms with Gasteiger partial charge in [-0.3, -0.25) is 0 Å². The van der Waals surface area contributed by atoms with Gasteiger partial charge in [-0.15, -0.1) is 25.3 Å². The molecule has 12 heavy (non-hydrogen) atoms. The normalized spacial score (nSPS) is 20.7. The highest BCUT2D eigenvalue weighted by atomic mass is 32.1. The van der Waals surface area contributed by atoms with Gasteiger partial charge in [-0.1, -0.05) is 0 Å². The second kappa shape index (κ2) is 3.13. The molecule has 0 amide bonds. The van der Waals surface area contributed by atoms with Crippen LogP contribution in [-0.4, -0.2) is 42.2 Å². The van der Waals surface area contributed by atoms with Gasteiger partial charge >= 0.3 is 11.9 Å². The van der Waals surface area contributed by atoms with Crippen molar-refractivity contribution in [1.82, 2.24) is 0 Å². The van der Waals surface area contributed by atoms with Crippen LogP contribution in [-0.2, 0) is 9.59 Å². The summed E-state index contributed by atoms with van der Waals surface area (Å²) in [5, 5.41) is 34.1. The number of rotatable bonds is 3. The Balaban J connectivity index is 5.01. The van der Waals surface area contributed by atoms with E-state index in [1.807, 2.05) is 0 Å². The molecule has 6 nitrogen and oxygen atoms in total. The average molecular weight is 214 g/mol. The van der Waals surface area contributed by atoms with Crippen molar-refractivity contribution >= 4 is 37.2 Å². The first-order valence-electron chi connectivity index (χ1n) is 2.50. The highest BCUT2D eigenvalue weighted by Gasteiger charge is 2.56. The summed E-state index contributed by atoms with van der Waals surface area (Å²) in [6.45, 7) is 0. The molecule has 2 atom stereocenters. The van der Waals surface area contributed by atoms with Gasteiger partial charge in [0.1, 0.15) is 0 Å². The minimum atomic E-state index is -3.15. The van der Waals surface area contributed by atoms with E-state index in [0.717, 1.165) is 0 Å². The molecule has 0 aliphatic carbocycles. The molecule has 0 spiro atoms. The summed E-state index contributed by atoms with van der Waals surface area (Å²) >= 11 is 6.10. The summed E-state index contributed by atoms with van der Waals surface area (Å²) < 4.78 is 0. The molecule has 0 aliphatic heterocycles. The second-order valence-electron chi connectivity index (χ2n) is 1.95. The first-order valence-corrected chi connectivity index (χ1v) is 3.39. The fourth-order valence-corrected chi connectivity index (χ4v) is 0.490. The van der Waals surface area contributed by atoms with Crippen LogP contribution >= 0.6 is 25.3 Å². The molecule has 0 fully saturated rings. The summed E-state index contributed by atoms with van der Waals surface area (Å²) in [6.07, 6.45) is 0. The molecule has 0 rings (SSSR count). The Morgan fingerprint density at radius 2 is 1.08 bits per heavy atom. The van der Waals surface area contributed by atoms with Crippen LogP contribution in [0.4, 0.5) is 0 Å². The minimum absolute atomic E-state index is 2.01. The predicted molar refractivity (Wildman–Crippen MR) is 43.1 cm³/mol. The Labute approximate surface area is 77.6 Å². The molecular formula is C4H6O6S2. The maximum absolute atomic E-state index is 10.2. The van der Waals surface area contributed by atoms with Gasteiger partial charge in [0.2, 0.25) is 0 Å². The number of thiol groups is 2. The number of aliphatic carboxylic acids is 2. The van der Waals surface area contributed by atoms with Crippen molar-refractivity contribution in [3.63, 3.8) is 0 Å². The smallest absolute Gasteiger partial charge is 0.351 e. The van der Waals surface area contributed by atoms with Gasteiger partial charge in [-0.05, 0) is 0 Å². The van der Waals surface area contributed by atoms with Crippen molar-refractivity contribution in [2.24, 2.45) is 0 Å². The SMILES string of the molecule is O=C(O)[C@](O)(S)[C@@](O)(S)C(=O)O. The molecule has 0 saturated carbocycles. The highest BCUT2D eigenvalue weighted by molar-refractivity contribution is 7.87. The predicted octanol–water partition coefficient (Wildman–Crippen LogP) is -1.61. The van der Waals surface area contributed by atoms with E-state index in [2.05, 4.69) is 25.3 Å². The summed E-state index contributed by atoms with van der Waals surface area (Å²) in [4.78, 5) is 14.0. The van der Waals surface area contributed by atoms with Crippen LogP contribution in [0.25, 0.3) is 0 Å². The topological polar surface area (TPSA) is 115 Å². The molecular weight excluding hydrogens is 208 g/mol. The van der Waals surface area contributed by atoms with E-state index in [1.165, 1.54) is 0 Å². The maximum atomic E-state index is 10.2. The lowest BCUT2D eigenvalue weighted by molar-refractivity contribution is -0.174. The van der Waals surface area contributed by atoms with Gasteiger partial charge in [0.15, 0.2) is 0 Å². The van der Waals surface area contributed by atoms with Crippen LogP contribution < -0.4 is 0 Å². The van der Waals surface area contributed by atoms with Crippen LogP contribution in [0, 0.1) is 0 Å². The largest absolute Gasteiger partial charge is 0.478 e. The van der Waals surface area contributed by atoms with E-state index >= 15 is 0 Å². The molecule has 0 aromatic rings. The first kappa shape index (κ1) is 11.6. The molecule has 0 aliphatic rings. The number of carboxylic acids is 2. The lowest BCUT2D eigenvalue weighted by Crippen LogP contribution is -2.56. The first-order chi connectivity index (χ1) is 5.14. The van der Waals surface area contributed by atoms with Crippen molar-refractivity contribution in [2.45, 2.75) is 9.87 Å². The number of carboxylic acid groups (broad SMARTS) is 2. The minimum Gasteiger partial charge on any atom is -0.478 e. The van der Waals surface area contributed by atoms with Crippen LogP contribution in [0.3, 0.4) is 0 Å². The van der Waals surface area contributed by atoms with Gasteiger partial charge < -0.3 is 20.4 Å². The van der Waals surface area contributed by atoms with Gasteiger partial charge in [0, 0.05) is 0 Å². The van der Waals surface area contributed by atoms with E-state index in [1.54, 1.807) is 0 Å². The number of aliphatic hydroxyl groups is 2. The Morgan fingerprint density at radius 1 is 0.917 bits per heavy atom. The molecule has 0 saturated heterocycles. The third-order valence-corrected chi connectivity index (χ3v) is 2.29. The zero-order chi connectivity index (χ0) is 10.2. The highest BCUT2D eigenvalue weighted by Crippen LogP contribution is 2.30. The van der Waals surface area contributed by atoms with E-state index in [-0.39, 0.29) is 0 Å². The van der Waals surface area contributed by atoms with Crippen molar-refractivity contribution in [3.05, 3.63) is 0 Å². The van der Waals surface area contributed by atoms with E-state index in [9.17, 15) is 9.59 Å². The Hall–Kier alpha value is -0.440. The Morgan fingerprint density at radius 3 is 1.17 bits per heavy atom. The molecule has 0 bridgehead atoms. The van der Waals surface area contributed by atoms with E-state index in [0.29, 0.717) is 0 Å². The van der Waals surface area contributed by atoms with Crippen molar-refractivity contribution in [3.8, 4) is 0 Å². The standard InChI is InChI=1S/C4H6O6S2/c5-1(6)3(9,11)4(10,12)2(7)8/h9-12H,(H,5,6)(H,7,8)/t3-,4-/m0/s1. The summed E-state index contributed by atoms with van der Waals surface area (Å²) in [6, 6.07) is 0. The quantitative estimate of drug-likeness (QED) is 0.249. The Kier molecular flexibility index (Phi) is 3.02. The lowest BCUT2D eigenvalue weighted by atomic mass is 10.2. The number of hydrogen-bond donors (Lipinski definition) is 6. The van der Waals surface area contributed by atoms with Crippen molar-refractivity contribution in [1.29, 1.82) is 0 Å². The molecule has 70 valence electrons. The molecule has 8 heteroatoms. The third-order valence-electron chi connectivity index (χ3n) is 1.08. The molecule has 0 aromatic carbocycles. The molecule has 0 heterocycles. The third kappa shape index (κ3) is 1.66. The molecule has 0 aromatic heterocycles. The Bertz CT molecular complexity index is 198. The van der Waals surface area contributed by atoms with Gasteiger partial charge in [0.05, 0.1) is 0 Å². The number of carbonyl (C=O) groups is 2. The fourth-order valence-electron chi connectivity index (χ4n) is 0.298. The zero-order valence-corrected chi connectivity index (χ0v) is 7.29. The van der Waals surface area contributed by atoms with Crippen LogP contribution in [0.15, 0.2) is 0 Å². The van der Waals surface area contributed by atoms with E-state index < -0.39 is 21.8 Å². The lowest BCUT2D eigenvalue weighted by Gasteiger charge is -2.28. The van der Waals surface area contributed by atoms with Gasteiger partial charge in [-0.2, -0.15) is 0 Å². The van der Waals surface area contributed by atoms with Crippen LogP contribution in [0.2, 0.25) is 0 Å². The van der Waals surface area contributed by atoms with Crippen molar-refractivity contribution < 1.29 is 30.0 Å². The van der Waals surface area contributed by atoms with E-state index in [4.69, 9.17) is 20.4 Å². The molecule has 0 radical (unpaired) electrons. The average Bonchev–Trinajstić information content (AvgIpc) is 1.86. The number of hydrogen-bond acceptors (Lipinski definition) is 6. The zero-order valence-electron chi connectivity index (χ0n) is 5.50. The fraction of sp³-hybridized carbons (Fsp3) is 0.500. The van der Waals surface area contributed by atoms with Crippen LogP contribution in [0.5, 0.6) is 0 Å². The van der Waals surface area contributed by atoms with Gasteiger partial charge in [0.25, 0.3) is 9.87 Å². The monoisotopic (exact) mass is 214 g/mol. The molecule has 0 unspecified atom stereocenters. The summed E-state index contributed by atoms with van der Waals surface area (Å²) in [7, 11) is 0. The summed E-state index contributed by atoms with van der Waals surface area (Å²) in [5.41, 5.74) is 0. The van der Waals surface area contributed by atoms with Gasteiger partial charge in [-0.25, -0.2) is 9.59 Å². The maximum Gasteiger partial charge on any atom is 0.351 e. The van der Waals surface area contributed by atoms with Crippen molar-refractivity contribution in [2.75, 3.05) is 0 Å². The molecule has 4 N–H and O–H groups in total. The van der Waals surface area contributed by atoms with Crippen LogP contribution in [0.1, 0.15) is 0 Å². The second-order valence-corrected chi connectivity index (χ2v) is 3.25. The summed E-state index contributed by atoms with van der Waals surface area (Å²) in [5.74, 6) is -4.02.